The summed E-state index contributed by atoms with van der Waals surface area (Å²) in [6, 6.07) is 3.80. The van der Waals surface area contributed by atoms with E-state index in [-0.39, 0.29) is 5.56 Å². The lowest BCUT2D eigenvalue weighted by atomic mass is 10.2. The molecule has 0 aromatic carbocycles. The van der Waals surface area contributed by atoms with E-state index in [1.165, 1.54) is 0 Å². The molecule has 2 aromatic rings. The van der Waals surface area contributed by atoms with Gasteiger partial charge in [0.2, 0.25) is 0 Å². The van der Waals surface area contributed by atoms with Crippen LogP contribution in [0.15, 0.2) is 23.1 Å². The Bertz CT molecular complexity index is 589. The molecule has 0 N–H and O–H groups in total. The molecule has 4 heteroatoms. The summed E-state index contributed by atoms with van der Waals surface area (Å²) in [5.74, 6) is 0.440. The van der Waals surface area contributed by atoms with Gasteiger partial charge in [-0.05, 0) is 38.0 Å². The Labute approximate surface area is 98.7 Å². The lowest BCUT2D eigenvalue weighted by Crippen LogP contribution is -2.21. The molecule has 2 aromatic heterocycles. The third-order valence-electron chi connectivity index (χ3n) is 2.63. The molecule has 16 heavy (non-hydrogen) atoms. The summed E-state index contributed by atoms with van der Waals surface area (Å²) in [6.45, 7) is 3.83. The zero-order chi connectivity index (χ0) is 11.7. The fourth-order valence-electron chi connectivity index (χ4n) is 1.77. The lowest BCUT2D eigenvalue weighted by Gasteiger charge is -2.07. The molecule has 0 spiro atoms. The van der Waals surface area contributed by atoms with Crippen molar-refractivity contribution in [3.05, 3.63) is 45.5 Å². The first-order valence-electron chi connectivity index (χ1n) is 5.18. The quantitative estimate of drug-likeness (QED) is 0.749. The Kier molecular flexibility index (Phi) is 2.97. The van der Waals surface area contributed by atoms with E-state index in [9.17, 15) is 4.79 Å². The van der Waals surface area contributed by atoms with E-state index in [1.807, 2.05) is 26.0 Å². The van der Waals surface area contributed by atoms with Gasteiger partial charge in [-0.25, -0.2) is 4.98 Å². The first-order chi connectivity index (χ1) is 7.63. The fraction of sp³-hybridized carbons (Fsp3) is 0.333. The van der Waals surface area contributed by atoms with E-state index in [0.29, 0.717) is 23.5 Å². The van der Waals surface area contributed by atoms with Gasteiger partial charge in [-0.2, -0.15) is 0 Å². The maximum Gasteiger partial charge on any atom is 0.261 e. The first kappa shape index (κ1) is 11.1. The van der Waals surface area contributed by atoms with Gasteiger partial charge in [0.25, 0.3) is 5.56 Å². The van der Waals surface area contributed by atoms with Crippen LogP contribution in [0, 0.1) is 13.8 Å². The molecule has 0 bridgehead atoms. The number of rotatable bonds is 2. The van der Waals surface area contributed by atoms with Crippen molar-refractivity contribution in [3.63, 3.8) is 0 Å². The normalized spacial score (nSPS) is 10.9. The van der Waals surface area contributed by atoms with Crippen LogP contribution in [-0.4, -0.2) is 15.3 Å². The molecule has 84 valence electrons. The van der Waals surface area contributed by atoms with Crippen molar-refractivity contribution in [2.75, 3.05) is 5.88 Å². The fourth-order valence-corrected chi connectivity index (χ4v) is 1.96. The van der Waals surface area contributed by atoms with Crippen molar-refractivity contribution in [2.24, 2.45) is 0 Å². The molecule has 0 unspecified atom stereocenters. The van der Waals surface area contributed by atoms with Gasteiger partial charge in [0, 0.05) is 23.3 Å². The first-order valence-corrected chi connectivity index (χ1v) is 5.71. The van der Waals surface area contributed by atoms with Gasteiger partial charge in [0.1, 0.15) is 5.65 Å². The second-order valence-corrected chi connectivity index (χ2v) is 4.23. The van der Waals surface area contributed by atoms with Crippen LogP contribution in [0.1, 0.15) is 16.8 Å². The molecular weight excluding hydrogens is 224 g/mol. The van der Waals surface area contributed by atoms with E-state index in [0.717, 1.165) is 11.3 Å². The molecule has 0 saturated heterocycles. The zero-order valence-corrected chi connectivity index (χ0v) is 10.1. The molecule has 0 fully saturated rings. The minimum Gasteiger partial charge on any atom is -0.269 e. The Morgan fingerprint density at radius 2 is 2.19 bits per heavy atom. The van der Waals surface area contributed by atoms with Crippen LogP contribution in [-0.2, 0) is 6.42 Å². The predicted octanol–water partition coefficient (Wildman–Crippen LogP) is 2.09. The van der Waals surface area contributed by atoms with Crippen molar-refractivity contribution in [1.29, 1.82) is 0 Å². The van der Waals surface area contributed by atoms with Crippen molar-refractivity contribution in [3.8, 4) is 0 Å². The molecule has 0 atom stereocenters. The third-order valence-corrected chi connectivity index (χ3v) is 2.82. The Balaban J connectivity index is 2.78. The number of fused-ring (bicyclic) bond motifs is 1. The van der Waals surface area contributed by atoms with Gasteiger partial charge in [-0.3, -0.25) is 9.20 Å². The number of nitrogens with zero attached hydrogens (tertiary/aromatic N) is 2. The van der Waals surface area contributed by atoms with Crippen LogP contribution in [0.4, 0.5) is 0 Å². The average molecular weight is 237 g/mol. The highest BCUT2D eigenvalue weighted by atomic mass is 35.5. The molecule has 2 rings (SSSR count). The van der Waals surface area contributed by atoms with Crippen molar-refractivity contribution in [2.45, 2.75) is 20.3 Å². The van der Waals surface area contributed by atoms with E-state index >= 15 is 0 Å². The molecule has 0 aliphatic rings. The number of aromatic nitrogens is 2. The Morgan fingerprint density at radius 3 is 2.88 bits per heavy atom. The lowest BCUT2D eigenvalue weighted by molar-refractivity contribution is 0.936. The smallest absolute Gasteiger partial charge is 0.261 e. The molecule has 0 saturated carbocycles. The van der Waals surface area contributed by atoms with Crippen molar-refractivity contribution < 1.29 is 0 Å². The van der Waals surface area contributed by atoms with Gasteiger partial charge in [0.05, 0.1) is 0 Å². The van der Waals surface area contributed by atoms with Gasteiger partial charge >= 0.3 is 0 Å². The number of alkyl halides is 1. The molecule has 0 amide bonds. The SMILES string of the molecule is Cc1ccn2c(=O)c(CCCl)c(C)nc2c1. The van der Waals surface area contributed by atoms with Gasteiger partial charge < -0.3 is 0 Å². The highest BCUT2D eigenvalue weighted by molar-refractivity contribution is 6.17. The van der Waals surface area contributed by atoms with Gasteiger partial charge in [-0.15, -0.1) is 11.6 Å². The molecular formula is C12H13ClN2O. The molecule has 0 aliphatic heterocycles. The zero-order valence-electron chi connectivity index (χ0n) is 9.33. The van der Waals surface area contributed by atoms with Crippen LogP contribution < -0.4 is 5.56 Å². The summed E-state index contributed by atoms with van der Waals surface area (Å²) >= 11 is 5.68. The topological polar surface area (TPSA) is 34.4 Å². The summed E-state index contributed by atoms with van der Waals surface area (Å²) in [5, 5.41) is 0. The molecule has 0 aliphatic carbocycles. The number of aryl methyl sites for hydroxylation is 2. The van der Waals surface area contributed by atoms with E-state index in [4.69, 9.17) is 11.6 Å². The van der Waals surface area contributed by atoms with Gasteiger partial charge in [-0.1, -0.05) is 0 Å². The number of hydrogen-bond donors (Lipinski definition) is 0. The second kappa shape index (κ2) is 4.26. The van der Waals surface area contributed by atoms with E-state index in [1.54, 1.807) is 10.6 Å². The monoisotopic (exact) mass is 236 g/mol. The number of pyridine rings is 1. The van der Waals surface area contributed by atoms with Crippen LogP contribution in [0.2, 0.25) is 0 Å². The molecule has 3 nitrogen and oxygen atoms in total. The van der Waals surface area contributed by atoms with Crippen LogP contribution in [0.3, 0.4) is 0 Å². The highest BCUT2D eigenvalue weighted by Crippen LogP contribution is 2.07. The Morgan fingerprint density at radius 1 is 1.44 bits per heavy atom. The second-order valence-electron chi connectivity index (χ2n) is 3.85. The minimum atomic E-state index is -0.0110. The Hall–Kier alpha value is -1.35. The van der Waals surface area contributed by atoms with E-state index < -0.39 is 0 Å². The largest absolute Gasteiger partial charge is 0.269 e. The minimum absolute atomic E-state index is 0.0110. The summed E-state index contributed by atoms with van der Waals surface area (Å²) in [4.78, 5) is 16.5. The summed E-state index contributed by atoms with van der Waals surface area (Å²) < 4.78 is 1.57. The standard InChI is InChI=1S/C12H13ClN2O/c1-8-4-6-15-11(7-8)14-9(2)10(3-5-13)12(15)16/h4,6-7H,3,5H2,1-2H3. The van der Waals surface area contributed by atoms with Crippen molar-refractivity contribution in [1.82, 2.24) is 9.38 Å². The van der Waals surface area contributed by atoms with Gasteiger partial charge in [0.15, 0.2) is 0 Å². The predicted molar refractivity (Wildman–Crippen MR) is 65.4 cm³/mol. The van der Waals surface area contributed by atoms with Crippen molar-refractivity contribution >= 4 is 17.2 Å². The summed E-state index contributed by atoms with van der Waals surface area (Å²) in [5.41, 5.74) is 3.26. The maximum absolute atomic E-state index is 12.1. The molecule has 2 heterocycles. The van der Waals surface area contributed by atoms with Crippen LogP contribution in [0.25, 0.3) is 5.65 Å². The highest BCUT2D eigenvalue weighted by Gasteiger charge is 2.08. The van der Waals surface area contributed by atoms with E-state index in [2.05, 4.69) is 4.98 Å². The summed E-state index contributed by atoms with van der Waals surface area (Å²) in [7, 11) is 0. The summed E-state index contributed by atoms with van der Waals surface area (Å²) in [6.07, 6.45) is 2.33. The average Bonchev–Trinajstić information content (AvgIpc) is 2.23. The number of halogens is 1. The maximum atomic E-state index is 12.1. The van der Waals surface area contributed by atoms with Crippen LogP contribution in [0.5, 0.6) is 0 Å². The molecule has 0 radical (unpaired) electrons. The van der Waals surface area contributed by atoms with Crippen LogP contribution >= 0.6 is 11.6 Å². The number of hydrogen-bond acceptors (Lipinski definition) is 2. The third kappa shape index (κ3) is 1.83.